The number of rotatable bonds is 1. The molecule has 0 saturated heterocycles. The highest BCUT2D eigenvalue weighted by Crippen LogP contribution is 2.34. The van der Waals surface area contributed by atoms with Crippen molar-refractivity contribution in [1.82, 2.24) is 4.98 Å². The molecule has 0 fully saturated rings. The lowest BCUT2D eigenvalue weighted by molar-refractivity contribution is -0.110. The van der Waals surface area contributed by atoms with Gasteiger partial charge in [0.25, 0.3) is 5.91 Å². The average molecular weight is 288 g/mol. The number of fused-ring (bicyclic) bond motifs is 2. The number of aromatic nitrogens is 1. The van der Waals surface area contributed by atoms with E-state index in [1.54, 1.807) is 18.3 Å². The number of hydrogen-bond donors (Lipinski definition) is 2. The molecule has 0 bridgehead atoms. The van der Waals surface area contributed by atoms with E-state index >= 15 is 0 Å². The fourth-order valence-corrected chi connectivity index (χ4v) is 2.73. The lowest BCUT2D eigenvalue weighted by atomic mass is 10.0. The van der Waals surface area contributed by atoms with E-state index in [9.17, 15) is 9.90 Å². The van der Waals surface area contributed by atoms with E-state index in [4.69, 9.17) is 0 Å². The van der Waals surface area contributed by atoms with Crippen LogP contribution in [0.25, 0.3) is 22.6 Å². The second-order valence-corrected chi connectivity index (χ2v) is 5.17. The summed E-state index contributed by atoms with van der Waals surface area (Å²) in [5, 5.41) is 13.8. The smallest absolute Gasteiger partial charge is 0.256 e. The number of benzene rings is 2. The van der Waals surface area contributed by atoms with Crippen molar-refractivity contribution in [3.63, 3.8) is 0 Å². The molecule has 0 unspecified atom stereocenters. The number of amides is 1. The lowest BCUT2D eigenvalue weighted by Crippen LogP contribution is -2.03. The molecule has 106 valence electrons. The molecule has 3 aromatic rings. The van der Waals surface area contributed by atoms with E-state index in [0.717, 1.165) is 22.2 Å². The van der Waals surface area contributed by atoms with Crippen LogP contribution in [0.3, 0.4) is 0 Å². The molecule has 4 nitrogen and oxygen atoms in total. The molecule has 0 saturated carbocycles. The third-order valence-corrected chi connectivity index (χ3v) is 3.73. The topological polar surface area (TPSA) is 62.2 Å². The van der Waals surface area contributed by atoms with Gasteiger partial charge in [-0.05, 0) is 35.9 Å². The van der Waals surface area contributed by atoms with Gasteiger partial charge in [0.1, 0.15) is 11.3 Å². The molecule has 1 aliphatic rings. The molecule has 0 radical (unpaired) electrons. The van der Waals surface area contributed by atoms with Crippen molar-refractivity contribution in [3.8, 4) is 5.75 Å². The summed E-state index contributed by atoms with van der Waals surface area (Å²) in [7, 11) is 0. The maximum atomic E-state index is 12.1. The van der Waals surface area contributed by atoms with E-state index in [0.29, 0.717) is 11.1 Å². The number of nitrogens with zero attached hydrogens (tertiary/aromatic N) is 1. The lowest BCUT2D eigenvalue weighted by Gasteiger charge is -2.03. The summed E-state index contributed by atoms with van der Waals surface area (Å²) in [4.78, 5) is 16.3. The van der Waals surface area contributed by atoms with Gasteiger partial charge in [0, 0.05) is 28.4 Å². The molecule has 0 spiro atoms. The monoisotopic (exact) mass is 288 g/mol. The van der Waals surface area contributed by atoms with Gasteiger partial charge < -0.3 is 10.4 Å². The average Bonchev–Trinajstić information content (AvgIpc) is 2.84. The van der Waals surface area contributed by atoms with Gasteiger partial charge in [-0.3, -0.25) is 9.78 Å². The highest BCUT2D eigenvalue weighted by Gasteiger charge is 2.23. The zero-order valence-corrected chi connectivity index (χ0v) is 11.6. The van der Waals surface area contributed by atoms with Gasteiger partial charge in [-0.2, -0.15) is 0 Å². The molecule has 0 atom stereocenters. The zero-order valence-electron chi connectivity index (χ0n) is 11.6. The number of para-hydroxylation sites is 1. The van der Waals surface area contributed by atoms with Gasteiger partial charge in [0.2, 0.25) is 0 Å². The van der Waals surface area contributed by atoms with Crippen molar-refractivity contribution in [2.75, 3.05) is 5.32 Å². The van der Waals surface area contributed by atoms with Crippen LogP contribution in [0.15, 0.2) is 54.7 Å². The summed E-state index contributed by atoms with van der Waals surface area (Å²) in [5.74, 6) is -0.0244. The number of anilines is 1. The van der Waals surface area contributed by atoms with Gasteiger partial charge in [0.05, 0.1) is 0 Å². The second kappa shape index (κ2) is 4.70. The first kappa shape index (κ1) is 12.6. The maximum Gasteiger partial charge on any atom is 0.256 e. The second-order valence-electron chi connectivity index (χ2n) is 5.17. The largest absolute Gasteiger partial charge is 0.506 e. The van der Waals surface area contributed by atoms with Crippen LogP contribution in [0.4, 0.5) is 5.69 Å². The van der Waals surface area contributed by atoms with Crippen molar-refractivity contribution in [2.45, 2.75) is 0 Å². The molecule has 22 heavy (non-hydrogen) atoms. The molecule has 1 amide bonds. The van der Waals surface area contributed by atoms with Crippen LogP contribution in [-0.4, -0.2) is 16.0 Å². The Morgan fingerprint density at radius 1 is 1.09 bits per heavy atom. The molecule has 2 aromatic carbocycles. The molecule has 4 rings (SSSR count). The first-order chi connectivity index (χ1) is 10.7. The Bertz CT molecular complexity index is 945. The van der Waals surface area contributed by atoms with Crippen LogP contribution >= 0.6 is 0 Å². The van der Waals surface area contributed by atoms with Crippen molar-refractivity contribution in [1.29, 1.82) is 0 Å². The quantitative estimate of drug-likeness (QED) is 0.674. The van der Waals surface area contributed by atoms with Crippen molar-refractivity contribution < 1.29 is 9.90 Å². The van der Waals surface area contributed by atoms with Gasteiger partial charge in [-0.15, -0.1) is 0 Å². The van der Waals surface area contributed by atoms with Crippen LogP contribution in [0.5, 0.6) is 5.75 Å². The third kappa shape index (κ3) is 1.93. The predicted molar refractivity (Wildman–Crippen MR) is 86.4 cm³/mol. The standard InChI is InChI=1S/C18H12N2O2/c21-16-10-11(8-12-4-3-7-19-17(12)16)9-14-13-5-1-2-6-15(13)20-18(14)22/h1-10,21H,(H,20,22)/b14-9-. The molecule has 1 aromatic heterocycles. The van der Waals surface area contributed by atoms with E-state index in [1.165, 1.54) is 0 Å². The number of carbonyl (C=O) groups is 1. The molecular formula is C18H12N2O2. The minimum Gasteiger partial charge on any atom is -0.506 e. The van der Waals surface area contributed by atoms with Gasteiger partial charge in [-0.25, -0.2) is 0 Å². The number of aromatic hydroxyl groups is 1. The van der Waals surface area contributed by atoms with Crippen LogP contribution in [0.1, 0.15) is 11.1 Å². The number of phenols is 1. The van der Waals surface area contributed by atoms with Crippen molar-refractivity contribution in [2.24, 2.45) is 0 Å². The first-order valence-electron chi connectivity index (χ1n) is 6.92. The third-order valence-electron chi connectivity index (χ3n) is 3.73. The Labute approximate surface area is 126 Å². The number of nitrogens with one attached hydrogen (secondary N) is 1. The van der Waals surface area contributed by atoms with E-state index in [2.05, 4.69) is 10.3 Å². The highest BCUT2D eigenvalue weighted by molar-refractivity contribution is 6.35. The number of hydrogen-bond acceptors (Lipinski definition) is 3. The number of carbonyl (C=O) groups excluding carboxylic acids is 1. The molecule has 1 aliphatic heterocycles. The summed E-state index contributed by atoms with van der Waals surface area (Å²) < 4.78 is 0. The van der Waals surface area contributed by atoms with E-state index < -0.39 is 0 Å². The van der Waals surface area contributed by atoms with E-state index in [-0.39, 0.29) is 11.7 Å². The molecule has 4 heteroatoms. The Hall–Kier alpha value is -3.14. The fraction of sp³-hybridized carbons (Fsp3) is 0. The summed E-state index contributed by atoms with van der Waals surface area (Å²) in [6.07, 6.45) is 3.42. The highest BCUT2D eigenvalue weighted by atomic mass is 16.3. The predicted octanol–water partition coefficient (Wildman–Crippen LogP) is 3.43. The van der Waals surface area contributed by atoms with E-state index in [1.807, 2.05) is 42.5 Å². The number of pyridine rings is 1. The van der Waals surface area contributed by atoms with Gasteiger partial charge in [-0.1, -0.05) is 24.3 Å². The summed E-state index contributed by atoms with van der Waals surface area (Å²) in [6, 6.07) is 14.8. The molecule has 2 heterocycles. The molecular weight excluding hydrogens is 276 g/mol. The normalized spacial score (nSPS) is 15.1. The van der Waals surface area contributed by atoms with Gasteiger partial charge >= 0.3 is 0 Å². The first-order valence-corrected chi connectivity index (χ1v) is 6.92. The SMILES string of the molecule is O=C1Nc2ccccc2/C1=C/c1cc(O)c2ncccc2c1. The minimum absolute atomic E-state index is 0.108. The molecule has 2 N–H and O–H groups in total. The maximum absolute atomic E-state index is 12.1. The molecule has 0 aliphatic carbocycles. The Morgan fingerprint density at radius 3 is 2.86 bits per heavy atom. The zero-order chi connectivity index (χ0) is 15.1. The summed E-state index contributed by atoms with van der Waals surface area (Å²) in [6.45, 7) is 0. The van der Waals surface area contributed by atoms with Crippen LogP contribution in [0, 0.1) is 0 Å². The van der Waals surface area contributed by atoms with Crippen LogP contribution in [0.2, 0.25) is 0 Å². The van der Waals surface area contributed by atoms with Crippen molar-refractivity contribution >= 4 is 34.1 Å². The Balaban J connectivity index is 1.88. The summed E-state index contributed by atoms with van der Waals surface area (Å²) in [5.41, 5.74) is 3.60. The minimum atomic E-state index is -0.132. The van der Waals surface area contributed by atoms with Crippen LogP contribution in [-0.2, 0) is 4.79 Å². The Morgan fingerprint density at radius 2 is 1.95 bits per heavy atom. The van der Waals surface area contributed by atoms with Crippen LogP contribution < -0.4 is 5.32 Å². The Kier molecular flexibility index (Phi) is 2.69. The van der Waals surface area contributed by atoms with Gasteiger partial charge in [0.15, 0.2) is 0 Å². The summed E-state index contributed by atoms with van der Waals surface area (Å²) >= 11 is 0. The fourth-order valence-electron chi connectivity index (χ4n) is 2.73. The van der Waals surface area contributed by atoms with Crippen molar-refractivity contribution in [3.05, 3.63) is 65.9 Å². The number of phenolic OH excluding ortho intramolecular Hbond substituents is 1.